The van der Waals surface area contributed by atoms with Crippen LogP contribution in [0.5, 0.6) is 0 Å². The number of pyridine rings is 1. The fourth-order valence-electron chi connectivity index (χ4n) is 3.30. The maximum Gasteiger partial charge on any atom is 0.303 e. The Bertz CT molecular complexity index is 963. The number of carbonyl (C=O) groups is 3. The fourth-order valence-corrected chi connectivity index (χ4v) is 3.46. The van der Waals surface area contributed by atoms with Gasteiger partial charge in [-0.2, -0.15) is 0 Å². The number of anilines is 1. The smallest absolute Gasteiger partial charge is 0.303 e. The number of benzene rings is 1. The lowest BCUT2D eigenvalue weighted by Crippen LogP contribution is -2.45. The van der Waals surface area contributed by atoms with Crippen LogP contribution in [0, 0.1) is 0 Å². The van der Waals surface area contributed by atoms with Gasteiger partial charge in [0.15, 0.2) is 0 Å². The van der Waals surface area contributed by atoms with Gasteiger partial charge >= 0.3 is 5.97 Å². The van der Waals surface area contributed by atoms with Crippen molar-refractivity contribution < 1.29 is 19.5 Å². The number of carboxylic acid groups (broad SMARTS) is 1. The molecule has 3 rings (SSSR count). The van der Waals surface area contributed by atoms with Gasteiger partial charge in [0.05, 0.1) is 5.69 Å². The molecule has 28 heavy (non-hydrogen) atoms. The van der Waals surface area contributed by atoms with Crippen LogP contribution in [-0.2, 0) is 22.0 Å². The summed E-state index contributed by atoms with van der Waals surface area (Å²) in [5.74, 6) is -1.50. The number of aromatic nitrogens is 1. The van der Waals surface area contributed by atoms with E-state index in [0.717, 1.165) is 11.1 Å². The molecule has 0 aliphatic carbocycles. The summed E-state index contributed by atoms with van der Waals surface area (Å²) in [7, 11) is 0. The highest BCUT2D eigenvalue weighted by Crippen LogP contribution is 2.30. The molecule has 2 amide bonds. The number of halogens is 1. The molecule has 0 radical (unpaired) electrons. The standard InChI is InChI=1S/C19H19ClN4O4/c20-8-10-5-14(23-16(21)6-10)11-1-2-13-12(7-11)9-24(19(13)28)15(18(22)27)3-4-17(25)26/h1-2,5-7,15H,3-4,8-9H2,(H2,21,23)(H2,22,27)(H,25,26)/t15-/m0/s1. The van der Waals surface area contributed by atoms with Gasteiger partial charge < -0.3 is 21.5 Å². The number of primary amides is 1. The molecule has 1 atom stereocenters. The zero-order valence-corrected chi connectivity index (χ0v) is 15.6. The maximum absolute atomic E-state index is 12.7. The van der Waals surface area contributed by atoms with E-state index in [9.17, 15) is 14.4 Å². The van der Waals surface area contributed by atoms with Crippen LogP contribution in [0.1, 0.15) is 34.3 Å². The third kappa shape index (κ3) is 3.91. The lowest BCUT2D eigenvalue weighted by Gasteiger charge is -2.24. The molecule has 146 valence electrons. The molecule has 0 fully saturated rings. The average molecular weight is 403 g/mol. The fraction of sp³-hybridized carbons (Fsp3) is 0.263. The molecular weight excluding hydrogens is 384 g/mol. The summed E-state index contributed by atoms with van der Waals surface area (Å²) in [6.45, 7) is 0.167. The summed E-state index contributed by atoms with van der Waals surface area (Å²) in [5.41, 5.74) is 14.6. The molecule has 9 heteroatoms. The van der Waals surface area contributed by atoms with Gasteiger partial charge in [-0.05, 0) is 41.8 Å². The van der Waals surface area contributed by atoms with Crippen molar-refractivity contribution in [2.75, 3.05) is 5.73 Å². The molecule has 0 unspecified atom stereocenters. The van der Waals surface area contributed by atoms with Crippen LogP contribution >= 0.6 is 11.6 Å². The maximum atomic E-state index is 12.7. The summed E-state index contributed by atoms with van der Waals surface area (Å²) in [5, 5.41) is 8.87. The molecule has 1 aliphatic rings. The molecule has 2 heterocycles. The zero-order chi connectivity index (χ0) is 20.4. The number of fused-ring (bicyclic) bond motifs is 1. The summed E-state index contributed by atoms with van der Waals surface area (Å²) in [6.07, 6.45) is -0.291. The SMILES string of the molecule is NC(=O)[C@H](CCC(=O)O)N1Cc2cc(-c3cc(CCl)cc(N)n3)ccc2C1=O. The van der Waals surface area contributed by atoms with E-state index < -0.39 is 17.9 Å². The van der Waals surface area contributed by atoms with Gasteiger partial charge in [-0.15, -0.1) is 11.6 Å². The van der Waals surface area contributed by atoms with Crippen LogP contribution in [0.25, 0.3) is 11.3 Å². The van der Waals surface area contributed by atoms with Crippen molar-refractivity contribution in [3.05, 3.63) is 47.0 Å². The number of amides is 2. The molecular formula is C19H19ClN4O4. The number of alkyl halides is 1. The lowest BCUT2D eigenvalue weighted by atomic mass is 10.0. The van der Waals surface area contributed by atoms with Gasteiger partial charge in [0, 0.05) is 30.0 Å². The minimum Gasteiger partial charge on any atom is -0.481 e. The van der Waals surface area contributed by atoms with Gasteiger partial charge in [-0.25, -0.2) is 4.98 Å². The Morgan fingerprint density at radius 2 is 2.04 bits per heavy atom. The first-order chi connectivity index (χ1) is 13.3. The van der Waals surface area contributed by atoms with Gasteiger partial charge in [0.25, 0.3) is 5.91 Å². The number of hydrogen-bond donors (Lipinski definition) is 3. The largest absolute Gasteiger partial charge is 0.481 e. The van der Waals surface area contributed by atoms with Crippen LogP contribution in [0.15, 0.2) is 30.3 Å². The van der Waals surface area contributed by atoms with Crippen LogP contribution < -0.4 is 11.5 Å². The topological polar surface area (TPSA) is 140 Å². The molecule has 1 aromatic heterocycles. The second-order valence-corrected chi connectivity index (χ2v) is 6.84. The second-order valence-electron chi connectivity index (χ2n) is 6.57. The number of nitrogen functional groups attached to an aromatic ring is 1. The number of aliphatic carboxylic acids is 1. The van der Waals surface area contributed by atoms with Crippen molar-refractivity contribution in [3.8, 4) is 11.3 Å². The Kier molecular flexibility index (Phi) is 5.51. The van der Waals surface area contributed by atoms with Crippen LogP contribution in [-0.4, -0.2) is 38.8 Å². The van der Waals surface area contributed by atoms with Crippen LogP contribution in [0.2, 0.25) is 0 Å². The van der Waals surface area contributed by atoms with Gasteiger partial charge in [-0.1, -0.05) is 6.07 Å². The van der Waals surface area contributed by atoms with E-state index in [-0.39, 0.29) is 25.3 Å². The van der Waals surface area contributed by atoms with Gasteiger partial charge in [-0.3, -0.25) is 14.4 Å². The van der Waals surface area contributed by atoms with Crippen molar-refractivity contribution in [1.29, 1.82) is 0 Å². The summed E-state index contributed by atoms with van der Waals surface area (Å²) in [6, 6.07) is 7.74. The highest BCUT2D eigenvalue weighted by atomic mass is 35.5. The Labute approximate surface area is 166 Å². The van der Waals surface area contributed by atoms with Gasteiger partial charge in [0.2, 0.25) is 5.91 Å². The molecule has 0 spiro atoms. The highest BCUT2D eigenvalue weighted by Gasteiger charge is 2.35. The van der Waals surface area contributed by atoms with Crippen LogP contribution in [0.4, 0.5) is 5.82 Å². The Morgan fingerprint density at radius 1 is 1.29 bits per heavy atom. The van der Waals surface area contributed by atoms with Crippen molar-refractivity contribution in [2.24, 2.45) is 5.73 Å². The van der Waals surface area contributed by atoms with Crippen molar-refractivity contribution in [3.63, 3.8) is 0 Å². The third-order valence-corrected chi connectivity index (χ3v) is 4.94. The minimum absolute atomic E-state index is 0.0346. The minimum atomic E-state index is -1.06. The van der Waals surface area contributed by atoms with E-state index in [0.29, 0.717) is 28.5 Å². The lowest BCUT2D eigenvalue weighted by molar-refractivity contribution is -0.137. The normalized spacial score (nSPS) is 14.0. The predicted octanol–water partition coefficient (Wildman–Crippen LogP) is 1.74. The summed E-state index contributed by atoms with van der Waals surface area (Å²) in [4.78, 5) is 41.0. The van der Waals surface area contributed by atoms with Crippen molar-refractivity contribution in [1.82, 2.24) is 9.88 Å². The average Bonchev–Trinajstić information content (AvgIpc) is 2.96. The number of nitrogens with two attached hydrogens (primary N) is 2. The molecule has 2 aromatic rings. The molecule has 1 aliphatic heterocycles. The molecule has 1 aromatic carbocycles. The number of rotatable bonds is 7. The third-order valence-electron chi connectivity index (χ3n) is 4.63. The first-order valence-electron chi connectivity index (χ1n) is 8.58. The second kappa shape index (κ2) is 7.85. The Balaban J connectivity index is 1.90. The quantitative estimate of drug-likeness (QED) is 0.602. The van der Waals surface area contributed by atoms with Crippen molar-refractivity contribution >= 4 is 35.2 Å². The van der Waals surface area contributed by atoms with E-state index in [4.69, 9.17) is 28.2 Å². The van der Waals surface area contributed by atoms with Gasteiger partial charge in [0.1, 0.15) is 11.9 Å². The first kappa shape index (κ1) is 19.6. The van der Waals surface area contributed by atoms with Crippen LogP contribution in [0.3, 0.4) is 0 Å². The number of carbonyl (C=O) groups excluding carboxylic acids is 2. The predicted molar refractivity (Wildman–Crippen MR) is 103 cm³/mol. The van der Waals surface area contributed by atoms with E-state index in [1.165, 1.54) is 4.90 Å². The molecule has 0 saturated heterocycles. The number of nitrogens with zero attached hydrogens (tertiary/aromatic N) is 2. The summed E-state index contributed by atoms with van der Waals surface area (Å²) >= 11 is 5.89. The molecule has 0 bridgehead atoms. The zero-order valence-electron chi connectivity index (χ0n) is 14.9. The summed E-state index contributed by atoms with van der Waals surface area (Å²) < 4.78 is 0. The molecule has 5 N–H and O–H groups in total. The van der Waals surface area contributed by atoms with Crippen molar-refractivity contribution in [2.45, 2.75) is 31.3 Å². The van der Waals surface area contributed by atoms with E-state index in [2.05, 4.69) is 4.98 Å². The first-order valence-corrected chi connectivity index (χ1v) is 9.11. The Hall–Kier alpha value is -3.13. The highest BCUT2D eigenvalue weighted by molar-refractivity contribution is 6.17. The molecule has 8 nitrogen and oxygen atoms in total. The monoisotopic (exact) mass is 402 g/mol. The van der Waals surface area contributed by atoms with E-state index in [1.807, 2.05) is 12.1 Å². The number of hydrogen-bond acceptors (Lipinski definition) is 5. The number of carboxylic acids is 1. The Morgan fingerprint density at radius 3 is 2.68 bits per heavy atom. The van der Waals surface area contributed by atoms with E-state index in [1.54, 1.807) is 18.2 Å². The molecule has 0 saturated carbocycles. The van der Waals surface area contributed by atoms with E-state index >= 15 is 0 Å².